The highest BCUT2D eigenvalue weighted by Crippen LogP contribution is 2.28. The Balaban J connectivity index is 1.93. The number of ether oxygens (including phenoxy) is 3. The lowest BCUT2D eigenvalue weighted by Gasteiger charge is -2.16. The van der Waals surface area contributed by atoms with Gasteiger partial charge < -0.3 is 24.4 Å². The first-order valence-corrected chi connectivity index (χ1v) is 6.63. The Labute approximate surface area is 118 Å². The van der Waals surface area contributed by atoms with Crippen molar-refractivity contribution >= 4 is 0 Å². The Morgan fingerprint density at radius 3 is 2.67 bits per heavy atom. The fourth-order valence-corrected chi connectivity index (χ4v) is 2.47. The standard InChI is InChI=1S/C12H16N2O7/c15-5-8-7(16)3-9(21-8)14-4-6(10(17)13-12(14)18)11-19-1-2-20-11/h4,7-9,11,15-16H,1-3,5H2,(H,13,17,18)/t7-,8?,9?/m0/s1. The maximum atomic E-state index is 11.9. The molecular formula is C12H16N2O7. The van der Waals surface area contributed by atoms with Crippen molar-refractivity contribution < 1.29 is 24.4 Å². The number of nitrogens with one attached hydrogen (secondary N) is 1. The SMILES string of the molecule is O=c1[nH]c(=O)n(C2C[C@H](O)C(CO)O2)cc1C1OCCO1. The van der Waals surface area contributed by atoms with Crippen LogP contribution in [0.1, 0.15) is 24.5 Å². The molecule has 0 amide bonds. The van der Waals surface area contributed by atoms with E-state index in [0.717, 1.165) is 0 Å². The topological polar surface area (TPSA) is 123 Å². The van der Waals surface area contributed by atoms with Crippen LogP contribution in [0.5, 0.6) is 0 Å². The summed E-state index contributed by atoms with van der Waals surface area (Å²) in [6.07, 6.45) is -1.75. The van der Waals surface area contributed by atoms with Gasteiger partial charge in [0.05, 0.1) is 31.5 Å². The Kier molecular flexibility index (Phi) is 3.91. The van der Waals surface area contributed by atoms with Crippen molar-refractivity contribution in [3.63, 3.8) is 0 Å². The Morgan fingerprint density at radius 2 is 2.05 bits per heavy atom. The van der Waals surface area contributed by atoms with Crippen molar-refractivity contribution in [2.75, 3.05) is 19.8 Å². The summed E-state index contributed by atoms with van der Waals surface area (Å²) in [7, 11) is 0. The third kappa shape index (κ3) is 2.65. The molecule has 0 radical (unpaired) electrons. The maximum absolute atomic E-state index is 11.9. The molecule has 2 fully saturated rings. The van der Waals surface area contributed by atoms with Crippen LogP contribution in [0.4, 0.5) is 0 Å². The normalized spacial score (nSPS) is 30.1. The van der Waals surface area contributed by atoms with E-state index in [1.165, 1.54) is 10.8 Å². The molecular weight excluding hydrogens is 284 g/mol. The first-order valence-electron chi connectivity index (χ1n) is 6.63. The molecule has 2 aliphatic heterocycles. The maximum Gasteiger partial charge on any atom is 0.330 e. The molecule has 1 aromatic rings. The number of aromatic nitrogens is 2. The summed E-state index contributed by atoms with van der Waals surface area (Å²) < 4.78 is 17.1. The lowest BCUT2D eigenvalue weighted by Crippen LogP contribution is -2.35. The van der Waals surface area contributed by atoms with E-state index < -0.39 is 36.0 Å². The van der Waals surface area contributed by atoms with Crippen LogP contribution < -0.4 is 11.2 Å². The van der Waals surface area contributed by atoms with Crippen LogP contribution >= 0.6 is 0 Å². The van der Waals surface area contributed by atoms with Crippen molar-refractivity contribution in [3.8, 4) is 0 Å². The van der Waals surface area contributed by atoms with Crippen molar-refractivity contribution in [2.24, 2.45) is 0 Å². The van der Waals surface area contributed by atoms with Crippen LogP contribution in [-0.2, 0) is 14.2 Å². The molecule has 116 valence electrons. The minimum Gasteiger partial charge on any atom is -0.394 e. The monoisotopic (exact) mass is 300 g/mol. The van der Waals surface area contributed by atoms with Crippen LogP contribution in [0.2, 0.25) is 0 Å². The van der Waals surface area contributed by atoms with Gasteiger partial charge in [0.2, 0.25) is 0 Å². The van der Waals surface area contributed by atoms with Gasteiger partial charge in [-0.1, -0.05) is 0 Å². The number of nitrogens with zero attached hydrogens (tertiary/aromatic N) is 1. The molecule has 21 heavy (non-hydrogen) atoms. The predicted octanol–water partition coefficient (Wildman–Crippen LogP) is -1.78. The van der Waals surface area contributed by atoms with Crippen LogP contribution in [0.15, 0.2) is 15.8 Å². The summed E-state index contributed by atoms with van der Waals surface area (Å²) in [5.41, 5.74) is -1.07. The van der Waals surface area contributed by atoms with Crippen LogP contribution in [-0.4, -0.2) is 51.8 Å². The van der Waals surface area contributed by atoms with Crippen molar-refractivity contribution in [1.29, 1.82) is 0 Å². The summed E-state index contributed by atoms with van der Waals surface area (Å²) in [6.45, 7) is 0.389. The van der Waals surface area contributed by atoms with Gasteiger partial charge in [-0.3, -0.25) is 14.3 Å². The number of hydrogen-bond acceptors (Lipinski definition) is 7. The number of aliphatic hydroxyl groups is 2. The second-order valence-corrected chi connectivity index (χ2v) is 4.94. The van der Waals surface area contributed by atoms with Crippen molar-refractivity contribution in [3.05, 3.63) is 32.6 Å². The van der Waals surface area contributed by atoms with Gasteiger partial charge in [-0.2, -0.15) is 0 Å². The summed E-state index contributed by atoms with van der Waals surface area (Å²) in [4.78, 5) is 25.9. The van der Waals surface area contributed by atoms with Crippen LogP contribution in [0.25, 0.3) is 0 Å². The lowest BCUT2D eigenvalue weighted by atomic mass is 10.2. The largest absolute Gasteiger partial charge is 0.394 e. The molecule has 1 aromatic heterocycles. The molecule has 3 atom stereocenters. The van der Waals surface area contributed by atoms with Crippen LogP contribution in [0, 0.1) is 0 Å². The summed E-state index contributed by atoms with van der Waals surface area (Å²) >= 11 is 0. The van der Waals surface area contributed by atoms with E-state index in [0.29, 0.717) is 13.2 Å². The highest BCUT2D eigenvalue weighted by Gasteiger charge is 2.35. The number of aliphatic hydroxyl groups excluding tert-OH is 2. The van der Waals surface area contributed by atoms with Gasteiger partial charge in [0, 0.05) is 12.6 Å². The Hall–Kier alpha value is -1.52. The zero-order valence-corrected chi connectivity index (χ0v) is 11.1. The molecule has 0 saturated carbocycles. The molecule has 3 heterocycles. The van der Waals surface area contributed by atoms with Crippen LogP contribution in [0.3, 0.4) is 0 Å². The molecule has 0 aliphatic carbocycles. The van der Waals surface area contributed by atoms with Gasteiger partial charge in [-0.25, -0.2) is 4.79 Å². The minimum absolute atomic E-state index is 0.142. The molecule has 0 spiro atoms. The number of rotatable bonds is 3. The van der Waals surface area contributed by atoms with Gasteiger partial charge in [0.1, 0.15) is 12.3 Å². The molecule has 9 nitrogen and oxygen atoms in total. The molecule has 2 saturated heterocycles. The van der Waals surface area contributed by atoms with Crippen molar-refractivity contribution in [1.82, 2.24) is 9.55 Å². The average Bonchev–Trinajstić information content (AvgIpc) is 3.08. The van der Waals surface area contributed by atoms with E-state index in [4.69, 9.17) is 19.3 Å². The molecule has 9 heteroatoms. The fourth-order valence-electron chi connectivity index (χ4n) is 2.47. The molecule has 0 bridgehead atoms. The molecule has 2 unspecified atom stereocenters. The number of aromatic amines is 1. The lowest BCUT2D eigenvalue weighted by molar-refractivity contribution is -0.0525. The smallest absolute Gasteiger partial charge is 0.330 e. The van der Waals surface area contributed by atoms with E-state index in [1.807, 2.05) is 0 Å². The first kappa shape index (κ1) is 14.4. The third-order valence-corrected chi connectivity index (χ3v) is 3.57. The minimum atomic E-state index is -0.874. The summed E-state index contributed by atoms with van der Waals surface area (Å²) in [5.74, 6) is 0. The predicted molar refractivity (Wildman–Crippen MR) is 67.6 cm³/mol. The van der Waals surface area contributed by atoms with E-state index in [1.54, 1.807) is 0 Å². The quantitative estimate of drug-likeness (QED) is 0.603. The van der Waals surface area contributed by atoms with E-state index >= 15 is 0 Å². The van der Waals surface area contributed by atoms with Crippen molar-refractivity contribution in [2.45, 2.75) is 31.1 Å². The van der Waals surface area contributed by atoms with E-state index in [-0.39, 0.29) is 18.6 Å². The molecule has 3 N–H and O–H groups in total. The highest BCUT2D eigenvalue weighted by molar-refractivity contribution is 5.08. The fraction of sp³-hybridized carbons (Fsp3) is 0.667. The van der Waals surface area contributed by atoms with Gasteiger partial charge in [-0.15, -0.1) is 0 Å². The summed E-state index contributed by atoms with van der Waals surface area (Å²) in [6, 6.07) is 0. The molecule has 3 rings (SSSR count). The second-order valence-electron chi connectivity index (χ2n) is 4.94. The molecule has 0 aromatic carbocycles. The van der Waals surface area contributed by atoms with Gasteiger partial charge in [0.15, 0.2) is 6.29 Å². The van der Waals surface area contributed by atoms with E-state index in [2.05, 4.69) is 4.98 Å². The average molecular weight is 300 g/mol. The Morgan fingerprint density at radius 1 is 1.33 bits per heavy atom. The Bertz CT molecular complexity index is 619. The molecule has 2 aliphatic rings. The zero-order valence-electron chi connectivity index (χ0n) is 11.1. The summed E-state index contributed by atoms with van der Waals surface area (Å²) in [5, 5.41) is 18.8. The number of H-pyrrole nitrogens is 1. The van der Waals surface area contributed by atoms with E-state index in [9.17, 15) is 14.7 Å². The van der Waals surface area contributed by atoms with Gasteiger partial charge in [-0.05, 0) is 0 Å². The first-order chi connectivity index (χ1) is 10.1. The van der Waals surface area contributed by atoms with Gasteiger partial charge in [0.25, 0.3) is 5.56 Å². The zero-order chi connectivity index (χ0) is 15.0. The number of hydrogen-bond donors (Lipinski definition) is 3. The van der Waals surface area contributed by atoms with Gasteiger partial charge >= 0.3 is 5.69 Å². The third-order valence-electron chi connectivity index (χ3n) is 3.57. The second kappa shape index (κ2) is 5.70. The highest BCUT2D eigenvalue weighted by atomic mass is 16.7.